The van der Waals surface area contributed by atoms with Gasteiger partial charge in [-0.25, -0.2) is 9.18 Å². The molecule has 0 bridgehead atoms. The summed E-state index contributed by atoms with van der Waals surface area (Å²) in [5.74, 6) is 1.37. The molecule has 1 aliphatic carbocycles. The number of carbonyl (C=O) groups excluding carboxylic acids is 1. The number of amides is 1. The first kappa shape index (κ1) is 16.1. The fraction of sp³-hybridized carbons (Fsp3) is 0.611. The van der Waals surface area contributed by atoms with Gasteiger partial charge in [-0.05, 0) is 62.8 Å². The van der Waals surface area contributed by atoms with Crippen LogP contribution in [-0.4, -0.2) is 29.7 Å². The lowest BCUT2D eigenvalue weighted by molar-refractivity contribution is 0.0159. The molecule has 0 spiro atoms. The van der Waals surface area contributed by atoms with Gasteiger partial charge >= 0.3 is 6.09 Å². The van der Waals surface area contributed by atoms with Gasteiger partial charge in [-0.1, -0.05) is 6.07 Å². The molecule has 23 heavy (non-hydrogen) atoms. The molecular weight excluding hydrogens is 297 g/mol. The van der Waals surface area contributed by atoms with E-state index in [1.165, 1.54) is 17.7 Å². The maximum atomic E-state index is 14.5. The number of carbonyl (C=O) groups is 1. The van der Waals surface area contributed by atoms with Crippen molar-refractivity contribution in [2.24, 2.45) is 5.92 Å². The summed E-state index contributed by atoms with van der Waals surface area (Å²) < 4.78 is 25.6. The summed E-state index contributed by atoms with van der Waals surface area (Å²) in [6.07, 6.45) is 0.763. The van der Waals surface area contributed by atoms with Crippen molar-refractivity contribution in [1.82, 2.24) is 4.90 Å². The number of hydrogen-bond donors (Lipinski definition) is 0. The van der Waals surface area contributed by atoms with Crippen LogP contribution in [0.3, 0.4) is 0 Å². The number of benzene rings is 1. The van der Waals surface area contributed by atoms with Crippen LogP contribution in [-0.2, 0) is 11.3 Å². The van der Waals surface area contributed by atoms with Crippen LogP contribution in [0.15, 0.2) is 18.2 Å². The molecule has 5 heteroatoms. The van der Waals surface area contributed by atoms with Crippen molar-refractivity contribution in [3.05, 3.63) is 29.3 Å². The second kappa shape index (κ2) is 6.02. The Hall–Kier alpha value is -1.78. The lowest BCUT2D eigenvalue weighted by atomic mass is 9.98. The summed E-state index contributed by atoms with van der Waals surface area (Å²) in [5, 5.41) is 0. The van der Waals surface area contributed by atoms with E-state index in [0.717, 1.165) is 5.56 Å². The molecule has 3 rings (SSSR count). The van der Waals surface area contributed by atoms with E-state index in [-0.39, 0.29) is 6.54 Å². The molecular formula is C18H24FNO3. The van der Waals surface area contributed by atoms with Gasteiger partial charge in [-0.15, -0.1) is 0 Å². The fourth-order valence-electron chi connectivity index (χ4n) is 2.62. The van der Waals surface area contributed by atoms with E-state index in [1.807, 2.05) is 12.1 Å². The number of halogens is 1. The second-order valence-electron chi connectivity index (χ2n) is 7.44. The average Bonchev–Trinajstić information content (AvgIpc) is 3.27. The Kier molecular flexibility index (Phi) is 4.21. The first-order valence-corrected chi connectivity index (χ1v) is 8.19. The number of fused-ring (bicyclic) bond motifs is 1. The third-order valence-corrected chi connectivity index (χ3v) is 4.03. The summed E-state index contributed by atoms with van der Waals surface area (Å²) in [4.78, 5) is 13.6. The zero-order chi connectivity index (χ0) is 16.6. The van der Waals surface area contributed by atoms with Crippen molar-refractivity contribution >= 4 is 6.09 Å². The highest BCUT2D eigenvalue weighted by atomic mass is 19.1. The van der Waals surface area contributed by atoms with Gasteiger partial charge < -0.3 is 14.4 Å². The Morgan fingerprint density at radius 3 is 2.74 bits per heavy atom. The number of nitrogens with zero attached hydrogens (tertiary/aromatic N) is 1. The molecule has 1 fully saturated rings. The minimum atomic E-state index is -1.21. The van der Waals surface area contributed by atoms with Crippen molar-refractivity contribution in [3.8, 4) is 5.75 Å². The van der Waals surface area contributed by atoms with Crippen LogP contribution in [0.5, 0.6) is 5.75 Å². The number of hydrogen-bond acceptors (Lipinski definition) is 3. The predicted molar refractivity (Wildman–Crippen MR) is 85.2 cm³/mol. The molecule has 1 amide bonds. The van der Waals surface area contributed by atoms with E-state index in [9.17, 15) is 9.18 Å². The quantitative estimate of drug-likeness (QED) is 0.836. The van der Waals surface area contributed by atoms with Gasteiger partial charge in [0, 0.05) is 6.54 Å². The molecule has 1 aromatic rings. The molecule has 1 heterocycles. The number of alkyl halides is 1. The van der Waals surface area contributed by atoms with Crippen molar-refractivity contribution in [1.29, 1.82) is 0 Å². The van der Waals surface area contributed by atoms with E-state index in [1.54, 1.807) is 26.8 Å². The Balaban J connectivity index is 1.68. The largest absolute Gasteiger partial charge is 0.493 e. The molecule has 4 nitrogen and oxygen atoms in total. The molecule has 126 valence electrons. The van der Waals surface area contributed by atoms with E-state index < -0.39 is 17.9 Å². The highest BCUT2D eigenvalue weighted by Gasteiger charge is 2.31. The SMILES string of the molecule is CC(C)(C)OC(=O)N1Cc2ccc(OCC3CC3)cc2C(F)C1. The molecule has 1 aliphatic heterocycles. The van der Waals surface area contributed by atoms with Gasteiger partial charge in [0.15, 0.2) is 0 Å². The van der Waals surface area contributed by atoms with Crippen LogP contribution in [0.2, 0.25) is 0 Å². The highest BCUT2D eigenvalue weighted by molar-refractivity contribution is 5.69. The van der Waals surface area contributed by atoms with E-state index in [4.69, 9.17) is 9.47 Å². The van der Waals surface area contributed by atoms with Crippen LogP contribution < -0.4 is 4.74 Å². The Morgan fingerprint density at radius 2 is 2.09 bits per heavy atom. The molecule has 0 saturated heterocycles. The van der Waals surface area contributed by atoms with Gasteiger partial charge in [-0.3, -0.25) is 0 Å². The van der Waals surface area contributed by atoms with Crippen LogP contribution >= 0.6 is 0 Å². The lowest BCUT2D eigenvalue weighted by Gasteiger charge is -2.33. The minimum Gasteiger partial charge on any atom is -0.493 e. The van der Waals surface area contributed by atoms with Crippen LogP contribution in [0.25, 0.3) is 0 Å². The zero-order valence-electron chi connectivity index (χ0n) is 14.0. The van der Waals surface area contributed by atoms with Gasteiger partial charge in [0.05, 0.1) is 13.2 Å². The maximum absolute atomic E-state index is 14.5. The maximum Gasteiger partial charge on any atom is 0.410 e. The van der Waals surface area contributed by atoms with Crippen LogP contribution in [0.4, 0.5) is 9.18 Å². The van der Waals surface area contributed by atoms with Gasteiger partial charge in [0.2, 0.25) is 0 Å². The highest BCUT2D eigenvalue weighted by Crippen LogP contribution is 2.34. The van der Waals surface area contributed by atoms with Gasteiger partial charge in [0.25, 0.3) is 0 Å². The van der Waals surface area contributed by atoms with Crippen LogP contribution in [0, 0.1) is 5.92 Å². The summed E-state index contributed by atoms with van der Waals surface area (Å²) in [7, 11) is 0. The first-order valence-electron chi connectivity index (χ1n) is 8.19. The summed E-state index contributed by atoms with van der Waals surface area (Å²) >= 11 is 0. The third-order valence-electron chi connectivity index (χ3n) is 4.03. The number of ether oxygens (including phenoxy) is 2. The fourth-order valence-corrected chi connectivity index (χ4v) is 2.62. The standard InChI is InChI=1S/C18H24FNO3/c1-18(2,3)23-17(21)20-9-13-6-7-14(22-11-12-4-5-12)8-15(13)16(19)10-20/h6-8,12,16H,4-5,9-11H2,1-3H3. The molecule has 1 saturated carbocycles. The molecule has 2 aliphatic rings. The Bertz CT molecular complexity index is 592. The summed E-state index contributed by atoms with van der Waals surface area (Å²) in [5.41, 5.74) is 0.857. The third kappa shape index (κ3) is 4.15. The minimum absolute atomic E-state index is 0.0218. The Labute approximate surface area is 136 Å². The summed E-state index contributed by atoms with van der Waals surface area (Å²) in [6.45, 7) is 6.51. The van der Waals surface area contributed by atoms with Gasteiger partial charge in [0.1, 0.15) is 17.5 Å². The van der Waals surface area contributed by atoms with E-state index in [2.05, 4.69) is 0 Å². The lowest BCUT2D eigenvalue weighted by Crippen LogP contribution is -2.40. The topological polar surface area (TPSA) is 38.8 Å². The Morgan fingerprint density at radius 1 is 1.35 bits per heavy atom. The first-order chi connectivity index (χ1) is 10.8. The predicted octanol–water partition coefficient (Wildman–Crippen LogP) is 4.24. The number of rotatable bonds is 3. The van der Waals surface area contributed by atoms with Crippen molar-refractivity contribution < 1.29 is 18.7 Å². The summed E-state index contributed by atoms with van der Waals surface area (Å²) in [6, 6.07) is 5.47. The molecule has 0 aromatic heterocycles. The van der Waals surface area contributed by atoms with E-state index >= 15 is 0 Å². The van der Waals surface area contributed by atoms with Crippen molar-refractivity contribution in [2.75, 3.05) is 13.2 Å². The normalized spacial score (nSPS) is 20.9. The van der Waals surface area contributed by atoms with Crippen molar-refractivity contribution in [3.63, 3.8) is 0 Å². The monoisotopic (exact) mass is 321 g/mol. The zero-order valence-corrected chi connectivity index (χ0v) is 14.0. The van der Waals surface area contributed by atoms with Gasteiger partial charge in [-0.2, -0.15) is 0 Å². The molecule has 1 unspecified atom stereocenters. The molecule has 1 aromatic carbocycles. The van der Waals surface area contributed by atoms with Crippen molar-refractivity contribution in [2.45, 2.75) is 51.9 Å². The molecule has 0 N–H and O–H groups in total. The average molecular weight is 321 g/mol. The second-order valence-corrected chi connectivity index (χ2v) is 7.44. The molecule has 1 atom stereocenters. The van der Waals surface area contributed by atoms with E-state index in [0.29, 0.717) is 30.4 Å². The smallest absolute Gasteiger partial charge is 0.410 e. The van der Waals surface area contributed by atoms with Crippen LogP contribution in [0.1, 0.15) is 50.9 Å². The molecule has 0 radical (unpaired) electrons.